The van der Waals surface area contributed by atoms with E-state index < -0.39 is 39.1 Å². The number of aryl methyl sites for hydroxylation is 2. The molecule has 0 amide bonds. The van der Waals surface area contributed by atoms with Crippen LogP contribution in [0.1, 0.15) is 74.5 Å². The van der Waals surface area contributed by atoms with Gasteiger partial charge in [0.2, 0.25) is 6.79 Å². The number of nitrogens with one attached hydrogen (secondary N) is 2. The number of alkyl halides is 1. The molecule has 4 N–H and O–H groups in total. The highest BCUT2D eigenvalue weighted by Gasteiger charge is 2.59. The number of hydrogen-bond acceptors (Lipinski definition) is 12. The number of likely N-dealkylation sites (N-methyl/N-ethyl adjacent to an activating group) is 1. The third-order valence-electron chi connectivity index (χ3n) is 12.4. The predicted octanol–water partition coefficient (Wildman–Crippen LogP) is 6.05. The number of aromatic amines is 1. The second-order valence-electron chi connectivity index (χ2n) is 15.3. The number of aromatic hydroxyl groups is 1. The summed E-state index contributed by atoms with van der Waals surface area (Å²) in [5.74, 6) is 1.80. The van der Waals surface area contributed by atoms with Gasteiger partial charge in [0, 0.05) is 57.9 Å². The third-order valence-corrected chi connectivity index (χ3v) is 14.5. The number of aliphatic hydroxyl groups is 1. The topological polar surface area (TPSA) is 138 Å². The molecule has 0 saturated carbocycles. The first-order valence-electron chi connectivity index (χ1n) is 18.5. The molecule has 1 fully saturated rings. The number of thiol groups is 1. The molecule has 3 aromatic carbocycles. The Morgan fingerprint density at radius 1 is 1.15 bits per heavy atom. The Hall–Kier alpha value is -3.67. The fourth-order valence-electron chi connectivity index (χ4n) is 10.0. The van der Waals surface area contributed by atoms with Crippen LogP contribution >= 0.6 is 35.2 Å². The number of nitrogens with zero attached hydrogens (tertiary/aromatic N) is 2. The van der Waals surface area contributed by atoms with Gasteiger partial charge in [-0.3, -0.25) is 19.9 Å². The highest BCUT2D eigenvalue weighted by atomic mass is 127. The second-order valence-corrected chi connectivity index (χ2v) is 17.5. The van der Waals surface area contributed by atoms with Crippen LogP contribution in [0.15, 0.2) is 36.6 Å². The largest absolute Gasteiger partial charge is 0.504 e. The summed E-state index contributed by atoms with van der Waals surface area (Å²) in [5.41, 5.74) is 8.90. The average molecular weight is 881 g/mol. The van der Waals surface area contributed by atoms with Crippen molar-refractivity contribution in [3.63, 3.8) is 0 Å². The maximum atomic E-state index is 12.7. The fraction of sp³-hybridized carbons (Fsp3) is 0.439. The number of piperazine rings is 1. The molecule has 5 aliphatic rings. The number of fused-ring (bicyclic) bond motifs is 12. The number of phenols is 1. The maximum Gasteiger partial charge on any atom is 0.308 e. The number of esters is 1. The maximum absolute atomic E-state index is 12.7. The van der Waals surface area contributed by atoms with E-state index in [-0.39, 0.29) is 25.2 Å². The molecule has 1 saturated heterocycles. The van der Waals surface area contributed by atoms with Crippen LogP contribution in [-0.2, 0) is 25.9 Å². The summed E-state index contributed by atoms with van der Waals surface area (Å²) in [6.45, 7) is 12.5. The summed E-state index contributed by atoms with van der Waals surface area (Å²) < 4.78 is 30.1. The highest BCUT2D eigenvalue weighted by Crippen LogP contribution is 2.62. The van der Waals surface area contributed by atoms with E-state index in [4.69, 9.17) is 36.3 Å². The number of phenolic OH excluding ortho intramolecular Hbond substituents is 1. The van der Waals surface area contributed by atoms with Crippen LogP contribution in [0.4, 0.5) is 0 Å². The predicted molar refractivity (Wildman–Crippen MR) is 218 cm³/mol. The molecule has 2 bridgehead atoms. The number of hydrogen-bond donors (Lipinski definition) is 5. The Balaban J connectivity index is 1.20. The van der Waals surface area contributed by atoms with Crippen molar-refractivity contribution in [3.05, 3.63) is 86.8 Å². The number of ether oxygens (including phenoxy) is 5. The summed E-state index contributed by atoms with van der Waals surface area (Å²) in [6, 6.07) is 6.39. The number of H-pyrrole nitrogens is 1. The molecule has 0 radical (unpaired) electrons. The minimum absolute atomic E-state index is 0.0205. The second kappa shape index (κ2) is 13.2. The van der Waals surface area contributed by atoms with E-state index in [1.54, 1.807) is 7.11 Å². The lowest BCUT2D eigenvalue weighted by atomic mass is 9.73. The van der Waals surface area contributed by atoms with E-state index in [1.165, 1.54) is 17.9 Å². The van der Waals surface area contributed by atoms with Gasteiger partial charge in [-0.2, -0.15) is 12.6 Å². The highest BCUT2D eigenvalue weighted by molar-refractivity contribution is 14.1. The SMILES string of the molecule is C=C(OC[C@H]1c2c3c(c(C)c(OC(C)=O)c2[C@@H](S)C2[C@@H]4c5c(cc(C)c(OC)c5O)C[C@H]([C@H](O)N21)N4C)OCO3)[C@]1(I)NCCc2c1[nH]c1c(C)cccc21. The molecule has 55 heavy (non-hydrogen) atoms. The quantitative estimate of drug-likeness (QED) is 0.0295. The van der Waals surface area contributed by atoms with Gasteiger partial charge < -0.3 is 38.9 Å². The van der Waals surface area contributed by atoms with Crippen LogP contribution in [0.5, 0.6) is 28.7 Å². The Kier molecular flexibility index (Phi) is 8.86. The summed E-state index contributed by atoms with van der Waals surface area (Å²) in [4.78, 5) is 20.6. The monoisotopic (exact) mass is 880 g/mol. The van der Waals surface area contributed by atoms with Crippen LogP contribution in [0.25, 0.3) is 10.9 Å². The van der Waals surface area contributed by atoms with Gasteiger partial charge in [-0.15, -0.1) is 0 Å². The van der Waals surface area contributed by atoms with Crippen molar-refractivity contribution in [1.82, 2.24) is 20.1 Å². The average Bonchev–Trinajstić information content (AvgIpc) is 3.79. The Morgan fingerprint density at radius 2 is 1.91 bits per heavy atom. The number of methoxy groups -OCH3 is 1. The van der Waals surface area contributed by atoms with E-state index in [0.29, 0.717) is 51.9 Å². The number of halogens is 1. The Labute approximate surface area is 338 Å². The number of para-hydroxylation sites is 1. The first-order valence-corrected chi connectivity index (χ1v) is 20.1. The fourth-order valence-corrected chi connectivity index (χ4v) is 11.5. The summed E-state index contributed by atoms with van der Waals surface area (Å²) in [7, 11) is 3.52. The van der Waals surface area contributed by atoms with Crippen molar-refractivity contribution >= 4 is 52.1 Å². The normalized spacial score (nSPS) is 27.9. The third kappa shape index (κ3) is 5.20. The summed E-state index contributed by atoms with van der Waals surface area (Å²) in [6.07, 6.45) is 0.354. The summed E-state index contributed by atoms with van der Waals surface area (Å²) in [5, 5.41) is 28.7. The number of rotatable bonds is 6. The van der Waals surface area contributed by atoms with Gasteiger partial charge in [0.25, 0.3) is 0 Å². The van der Waals surface area contributed by atoms with Crippen LogP contribution < -0.4 is 24.3 Å². The van der Waals surface area contributed by atoms with Gasteiger partial charge in [0.1, 0.15) is 24.3 Å². The molecule has 1 unspecified atom stereocenters. The first kappa shape index (κ1) is 36.9. The van der Waals surface area contributed by atoms with E-state index in [2.05, 4.69) is 74.4 Å². The van der Waals surface area contributed by atoms with Gasteiger partial charge in [0.05, 0.1) is 30.9 Å². The number of benzene rings is 3. The van der Waals surface area contributed by atoms with E-state index >= 15 is 0 Å². The van der Waals surface area contributed by atoms with Crippen molar-refractivity contribution in [1.29, 1.82) is 0 Å². The molecule has 0 spiro atoms. The zero-order valence-electron chi connectivity index (χ0n) is 31.6. The van der Waals surface area contributed by atoms with Gasteiger partial charge in [-0.1, -0.05) is 30.8 Å². The van der Waals surface area contributed by atoms with Gasteiger partial charge >= 0.3 is 5.97 Å². The van der Waals surface area contributed by atoms with Crippen LogP contribution in [0.3, 0.4) is 0 Å². The molecule has 6 heterocycles. The molecule has 12 nitrogen and oxygen atoms in total. The van der Waals surface area contributed by atoms with Crippen molar-refractivity contribution in [2.45, 2.75) is 79.7 Å². The summed E-state index contributed by atoms with van der Waals surface area (Å²) >= 11 is 7.73. The smallest absolute Gasteiger partial charge is 0.308 e. The van der Waals surface area contributed by atoms with Gasteiger partial charge in [-0.25, -0.2) is 0 Å². The molecule has 5 aliphatic heterocycles. The molecule has 14 heteroatoms. The van der Waals surface area contributed by atoms with E-state index in [1.807, 2.05) is 27.0 Å². The molecular formula is C41H45IN4O8S. The Morgan fingerprint density at radius 3 is 2.65 bits per heavy atom. The van der Waals surface area contributed by atoms with Gasteiger partial charge in [-0.05, 0) is 85.5 Å². The first-order chi connectivity index (χ1) is 26.3. The minimum Gasteiger partial charge on any atom is -0.504 e. The van der Waals surface area contributed by atoms with Crippen LogP contribution in [-0.4, -0.2) is 83.4 Å². The lowest BCUT2D eigenvalue weighted by Gasteiger charge is -2.61. The van der Waals surface area contributed by atoms with E-state index in [9.17, 15) is 15.0 Å². The lowest BCUT2D eigenvalue weighted by Crippen LogP contribution is -2.69. The minimum atomic E-state index is -0.991. The van der Waals surface area contributed by atoms with Crippen LogP contribution in [0, 0.1) is 20.8 Å². The molecule has 4 aromatic rings. The zero-order chi connectivity index (χ0) is 38.8. The number of carbonyl (C=O) groups excluding carboxylic acids is 1. The van der Waals surface area contributed by atoms with Crippen molar-refractivity contribution in [3.8, 4) is 28.7 Å². The standard InChI is InChI=1S/C41H45IN4O8S/c1-17-9-8-10-23-24-11-12-43-41(42,39(24)44-30(17)23)20(4)51-15-26-28-29(35(54-21(5)47)19(3)36-37(28)53-16-52-36)38(55)32-31-27-22(13-18(2)34(50-7)33(27)48)14-25(45(31)6)40(49)46(26)32/h8-10,13,25-26,31-32,38,40,43-44,48-49,55H,4,11-12,14-16H2,1-3,5-7H3/t25-,26+,31+,32?,38-,40+,41+/m1/s1. The molecule has 7 atom stereocenters. The Bertz CT molecular complexity index is 2310. The zero-order valence-corrected chi connectivity index (χ0v) is 34.6. The van der Waals surface area contributed by atoms with Crippen molar-refractivity contribution in [2.75, 3.05) is 34.1 Å². The molecule has 290 valence electrons. The number of aliphatic hydroxyl groups excluding tert-OH is 1. The number of carbonyl (C=O) groups is 1. The van der Waals surface area contributed by atoms with Crippen molar-refractivity contribution in [2.24, 2.45) is 0 Å². The molecular weight excluding hydrogens is 835 g/mol. The van der Waals surface area contributed by atoms with Crippen LogP contribution in [0.2, 0.25) is 0 Å². The lowest BCUT2D eigenvalue weighted by molar-refractivity contribution is -0.179. The molecule has 9 rings (SSSR count). The van der Waals surface area contributed by atoms with E-state index in [0.717, 1.165) is 46.4 Å². The number of aromatic nitrogens is 1. The van der Waals surface area contributed by atoms with Crippen molar-refractivity contribution < 1.29 is 38.7 Å². The van der Waals surface area contributed by atoms with Gasteiger partial charge in [0.15, 0.2) is 26.5 Å². The molecule has 0 aliphatic carbocycles. The molecule has 1 aromatic heterocycles.